The molecule has 0 aromatic heterocycles. The molecule has 0 unspecified atom stereocenters. The van der Waals surface area contributed by atoms with Crippen molar-refractivity contribution < 1.29 is 9.59 Å². The van der Waals surface area contributed by atoms with Crippen molar-refractivity contribution in [2.24, 2.45) is 5.92 Å². The van der Waals surface area contributed by atoms with E-state index in [1.807, 2.05) is 30.0 Å². The Balaban J connectivity index is 2.08. The van der Waals surface area contributed by atoms with Crippen LogP contribution in [-0.2, 0) is 4.79 Å². The summed E-state index contributed by atoms with van der Waals surface area (Å²) in [5.74, 6) is 0.253. The highest BCUT2D eigenvalue weighted by atomic mass is 16.2. The first-order chi connectivity index (χ1) is 10.5. The van der Waals surface area contributed by atoms with Gasteiger partial charge in [-0.25, -0.2) is 0 Å². The Bertz CT molecular complexity index is 534. The minimum absolute atomic E-state index is 0.0622. The fourth-order valence-corrected chi connectivity index (χ4v) is 2.88. The average molecular weight is 302 g/mol. The van der Waals surface area contributed by atoms with Crippen LogP contribution in [0.1, 0.15) is 49.0 Å². The molecular formula is C18H26N2O2. The third-order valence-electron chi connectivity index (χ3n) is 4.01. The van der Waals surface area contributed by atoms with Gasteiger partial charge in [-0.1, -0.05) is 31.5 Å². The number of likely N-dealkylation sites (tertiary alicyclic amines) is 1. The van der Waals surface area contributed by atoms with Crippen molar-refractivity contribution in [3.8, 4) is 0 Å². The molecule has 1 N–H and O–H groups in total. The van der Waals surface area contributed by atoms with E-state index in [1.165, 1.54) is 0 Å². The van der Waals surface area contributed by atoms with Crippen molar-refractivity contribution in [3.63, 3.8) is 0 Å². The number of carbonyl (C=O) groups is 2. The minimum atomic E-state index is -0.425. The lowest BCUT2D eigenvalue weighted by molar-refractivity contribution is -0.132. The molecular weight excluding hydrogens is 276 g/mol. The predicted octanol–water partition coefficient (Wildman–Crippen LogP) is 2.76. The molecule has 1 atom stereocenters. The van der Waals surface area contributed by atoms with Crippen LogP contribution in [0.25, 0.3) is 0 Å². The number of aryl methyl sites for hydroxylation is 1. The number of carbonyl (C=O) groups excluding carboxylic acids is 2. The quantitative estimate of drug-likeness (QED) is 0.909. The number of rotatable bonds is 5. The van der Waals surface area contributed by atoms with E-state index in [9.17, 15) is 9.59 Å². The van der Waals surface area contributed by atoms with Crippen LogP contribution in [0.3, 0.4) is 0 Å². The van der Waals surface area contributed by atoms with Gasteiger partial charge in [-0.2, -0.15) is 0 Å². The van der Waals surface area contributed by atoms with Gasteiger partial charge in [0.25, 0.3) is 5.91 Å². The van der Waals surface area contributed by atoms with E-state index in [1.54, 1.807) is 6.07 Å². The zero-order valence-electron chi connectivity index (χ0n) is 13.8. The highest BCUT2D eigenvalue weighted by Gasteiger charge is 2.28. The Hall–Kier alpha value is -1.84. The van der Waals surface area contributed by atoms with Crippen molar-refractivity contribution in [1.82, 2.24) is 10.2 Å². The van der Waals surface area contributed by atoms with Crippen LogP contribution in [0, 0.1) is 12.8 Å². The first-order valence-corrected chi connectivity index (χ1v) is 8.13. The molecule has 2 rings (SSSR count). The lowest BCUT2D eigenvalue weighted by Crippen LogP contribution is -2.48. The van der Waals surface area contributed by atoms with E-state index < -0.39 is 6.04 Å². The SMILES string of the molecule is Cc1cccc(C(=O)N[C@@H](CC(C)C)C(=O)N2CCCC2)c1. The molecule has 1 aromatic rings. The maximum atomic E-state index is 12.6. The summed E-state index contributed by atoms with van der Waals surface area (Å²) in [7, 11) is 0. The minimum Gasteiger partial charge on any atom is -0.341 e. The van der Waals surface area contributed by atoms with E-state index in [0.717, 1.165) is 31.5 Å². The monoisotopic (exact) mass is 302 g/mol. The highest BCUT2D eigenvalue weighted by molar-refractivity contribution is 5.97. The summed E-state index contributed by atoms with van der Waals surface area (Å²) in [6.07, 6.45) is 2.80. The van der Waals surface area contributed by atoms with Gasteiger partial charge in [0.15, 0.2) is 0 Å². The molecule has 1 heterocycles. The van der Waals surface area contributed by atoms with Crippen LogP contribution in [0.4, 0.5) is 0 Å². The smallest absolute Gasteiger partial charge is 0.251 e. The first kappa shape index (κ1) is 16.5. The van der Waals surface area contributed by atoms with Crippen LogP contribution in [0.15, 0.2) is 24.3 Å². The van der Waals surface area contributed by atoms with Crippen LogP contribution >= 0.6 is 0 Å². The van der Waals surface area contributed by atoms with Crippen molar-refractivity contribution in [2.75, 3.05) is 13.1 Å². The summed E-state index contributed by atoms with van der Waals surface area (Å²) in [5, 5.41) is 2.94. The summed E-state index contributed by atoms with van der Waals surface area (Å²) in [6.45, 7) is 7.73. The molecule has 0 spiro atoms. The van der Waals surface area contributed by atoms with Crippen molar-refractivity contribution in [3.05, 3.63) is 35.4 Å². The van der Waals surface area contributed by atoms with Gasteiger partial charge in [-0.15, -0.1) is 0 Å². The third-order valence-corrected chi connectivity index (χ3v) is 4.01. The van der Waals surface area contributed by atoms with Crippen LogP contribution < -0.4 is 5.32 Å². The molecule has 1 aliphatic heterocycles. The lowest BCUT2D eigenvalue weighted by atomic mass is 10.0. The first-order valence-electron chi connectivity index (χ1n) is 8.13. The second-order valence-corrected chi connectivity index (χ2v) is 6.56. The zero-order chi connectivity index (χ0) is 16.1. The lowest BCUT2D eigenvalue weighted by Gasteiger charge is -2.25. The number of hydrogen-bond donors (Lipinski definition) is 1. The Labute approximate surface area is 132 Å². The second kappa shape index (κ2) is 7.43. The maximum absolute atomic E-state index is 12.6. The van der Waals surface area contributed by atoms with Gasteiger partial charge in [0.1, 0.15) is 6.04 Å². The standard InChI is InChI=1S/C18H26N2O2/c1-13(2)11-16(18(22)20-9-4-5-10-20)19-17(21)15-8-6-7-14(3)12-15/h6-8,12-13,16H,4-5,9-11H2,1-3H3,(H,19,21)/t16-/m0/s1. The fraction of sp³-hybridized carbons (Fsp3) is 0.556. The second-order valence-electron chi connectivity index (χ2n) is 6.56. The maximum Gasteiger partial charge on any atom is 0.251 e. The highest BCUT2D eigenvalue weighted by Crippen LogP contribution is 2.14. The van der Waals surface area contributed by atoms with Crippen molar-refractivity contribution in [1.29, 1.82) is 0 Å². The number of benzene rings is 1. The van der Waals surface area contributed by atoms with Gasteiger partial charge in [0.05, 0.1) is 0 Å². The molecule has 22 heavy (non-hydrogen) atoms. The normalized spacial score (nSPS) is 15.9. The molecule has 4 heteroatoms. The average Bonchev–Trinajstić information content (AvgIpc) is 2.99. The van der Waals surface area contributed by atoms with E-state index in [-0.39, 0.29) is 11.8 Å². The Morgan fingerprint density at radius 3 is 2.50 bits per heavy atom. The molecule has 1 saturated heterocycles. The third kappa shape index (κ3) is 4.33. The predicted molar refractivity (Wildman–Crippen MR) is 87.7 cm³/mol. The van der Waals surface area contributed by atoms with Crippen molar-refractivity contribution in [2.45, 2.75) is 46.1 Å². The van der Waals surface area contributed by atoms with Gasteiger partial charge < -0.3 is 10.2 Å². The van der Waals surface area contributed by atoms with E-state index in [4.69, 9.17) is 0 Å². The van der Waals surface area contributed by atoms with Gasteiger partial charge in [-0.3, -0.25) is 9.59 Å². The van der Waals surface area contributed by atoms with Gasteiger partial charge in [-0.05, 0) is 44.2 Å². The van der Waals surface area contributed by atoms with Crippen LogP contribution in [-0.4, -0.2) is 35.8 Å². The zero-order valence-corrected chi connectivity index (χ0v) is 13.8. The number of nitrogens with one attached hydrogen (secondary N) is 1. The number of nitrogens with zero attached hydrogens (tertiary/aromatic N) is 1. The van der Waals surface area contributed by atoms with Gasteiger partial charge in [0.2, 0.25) is 5.91 Å². The Morgan fingerprint density at radius 2 is 1.91 bits per heavy atom. The summed E-state index contributed by atoms with van der Waals surface area (Å²) in [5.41, 5.74) is 1.65. The molecule has 1 aromatic carbocycles. The summed E-state index contributed by atoms with van der Waals surface area (Å²) < 4.78 is 0. The van der Waals surface area contributed by atoms with Crippen molar-refractivity contribution >= 4 is 11.8 Å². The summed E-state index contributed by atoms with van der Waals surface area (Å²) in [6, 6.07) is 7.03. The molecule has 1 aliphatic rings. The molecule has 0 bridgehead atoms. The fourth-order valence-electron chi connectivity index (χ4n) is 2.88. The molecule has 0 aliphatic carbocycles. The van der Waals surface area contributed by atoms with E-state index in [0.29, 0.717) is 17.9 Å². The van der Waals surface area contributed by atoms with Crippen LogP contribution in [0.2, 0.25) is 0 Å². The molecule has 120 valence electrons. The molecule has 4 nitrogen and oxygen atoms in total. The topological polar surface area (TPSA) is 49.4 Å². The molecule has 2 amide bonds. The summed E-state index contributed by atoms with van der Waals surface area (Å²) in [4.78, 5) is 26.9. The number of hydrogen-bond acceptors (Lipinski definition) is 2. The van der Waals surface area contributed by atoms with Gasteiger partial charge in [0, 0.05) is 18.7 Å². The van der Waals surface area contributed by atoms with Crippen LogP contribution in [0.5, 0.6) is 0 Å². The van der Waals surface area contributed by atoms with E-state index in [2.05, 4.69) is 19.2 Å². The Kier molecular flexibility index (Phi) is 5.58. The van der Waals surface area contributed by atoms with E-state index >= 15 is 0 Å². The Morgan fingerprint density at radius 1 is 1.23 bits per heavy atom. The molecule has 0 saturated carbocycles. The molecule has 0 radical (unpaired) electrons. The summed E-state index contributed by atoms with van der Waals surface area (Å²) >= 11 is 0. The largest absolute Gasteiger partial charge is 0.341 e. The van der Waals surface area contributed by atoms with Gasteiger partial charge >= 0.3 is 0 Å². The number of amides is 2. The molecule has 1 fully saturated rings.